The fourth-order valence-electron chi connectivity index (χ4n) is 2.21. The van der Waals surface area contributed by atoms with Crippen LogP contribution in [0.4, 0.5) is 0 Å². The minimum absolute atomic E-state index is 0.559. The molecule has 0 saturated carbocycles. The minimum Gasteiger partial charge on any atom is -0.314 e. The number of rotatable bonds is 7. The molecule has 0 amide bonds. The summed E-state index contributed by atoms with van der Waals surface area (Å²) in [6, 6.07) is 7.01. The van der Waals surface area contributed by atoms with Gasteiger partial charge in [0.05, 0.1) is 0 Å². The lowest BCUT2D eigenvalue weighted by atomic mass is 10.1. The van der Waals surface area contributed by atoms with Crippen molar-refractivity contribution in [2.75, 3.05) is 6.54 Å². The van der Waals surface area contributed by atoms with Crippen LogP contribution < -0.4 is 5.32 Å². The van der Waals surface area contributed by atoms with E-state index in [1.165, 1.54) is 10.6 Å². The SMILES string of the molecule is CCNC(CCc1ccnn1C)Cc1cccs1. The normalized spacial score (nSPS) is 12.8. The highest BCUT2D eigenvalue weighted by Crippen LogP contribution is 2.14. The lowest BCUT2D eigenvalue weighted by molar-refractivity contribution is 0.486. The number of nitrogens with zero attached hydrogens (tertiary/aromatic N) is 2. The van der Waals surface area contributed by atoms with Crippen molar-refractivity contribution >= 4 is 11.3 Å². The molecule has 2 aromatic rings. The lowest BCUT2D eigenvalue weighted by Crippen LogP contribution is -2.31. The van der Waals surface area contributed by atoms with E-state index in [9.17, 15) is 0 Å². The Kier molecular flexibility index (Phi) is 4.96. The Balaban J connectivity index is 1.88. The van der Waals surface area contributed by atoms with Crippen LogP contribution in [0.1, 0.15) is 23.9 Å². The lowest BCUT2D eigenvalue weighted by Gasteiger charge is -2.17. The Morgan fingerprint density at radius 1 is 1.44 bits per heavy atom. The third-order valence-corrected chi connectivity index (χ3v) is 4.09. The van der Waals surface area contributed by atoms with E-state index < -0.39 is 0 Å². The van der Waals surface area contributed by atoms with Crippen LogP contribution in [0, 0.1) is 0 Å². The van der Waals surface area contributed by atoms with Crippen molar-refractivity contribution < 1.29 is 0 Å². The maximum Gasteiger partial charge on any atom is 0.0492 e. The van der Waals surface area contributed by atoms with Crippen molar-refractivity contribution in [3.63, 3.8) is 0 Å². The first-order valence-electron chi connectivity index (χ1n) is 6.52. The van der Waals surface area contributed by atoms with Crippen LogP contribution in [0.25, 0.3) is 0 Å². The van der Waals surface area contributed by atoms with Crippen molar-refractivity contribution in [3.8, 4) is 0 Å². The highest BCUT2D eigenvalue weighted by Gasteiger charge is 2.10. The topological polar surface area (TPSA) is 29.9 Å². The van der Waals surface area contributed by atoms with Crippen LogP contribution in [-0.2, 0) is 19.9 Å². The molecule has 18 heavy (non-hydrogen) atoms. The van der Waals surface area contributed by atoms with Gasteiger partial charge in [-0.3, -0.25) is 4.68 Å². The Labute approximate surface area is 113 Å². The molecule has 0 aliphatic heterocycles. The first-order chi connectivity index (χ1) is 8.79. The van der Waals surface area contributed by atoms with E-state index in [0.29, 0.717) is 6.04 Å². The largest absolute Gasteiger partial charge is 0.314 e. The Morgan fingerprint density at radius 2 is 2.33 bits per heavy atom. The van der Waals surface area contributed by atoms with Crippen LogP contribution in [0.3, 0.4) is 0 Å². The molecule has 4 heteroatoms. The highest BCUT2D eigenvalue weighted by molar-refractivity contribution is 7.09. The number of aryl methyl sites for hydroxylation is 2. The van der Waals surface area contributed by atoms with Crippen LogP contribution in [0.5, 0.6) is 0 Å². The van der Waals surface area contributed by atoms with Gasteiger partial charge < -0.3 is 5.32 Å². The molecule has 0 aliphatic carbocycles. The number of hydrogen-bond donors (Lipinski definition) is 1. The maximum atomic E-state index is 4.21. The molecule has 2 aromatic heterocycles. The van der Waals surface area contributed by atoms with E-state index in [1.54, 1.807) is 0 Å². The Hall–Kier alpha value is -1.13. The quantitative estimate of drug-likeness (QED) is 0.832. The summed E-state index contributed by atoms with van der Waals surface area (Å²) in [6.07, 6.45) is 5.24. The van der Waals surface area contributed by atoms with E-state index in [0.717, 1.165) is 25.8 Å². The Bertz CT molecular complexity index is 447. The molecule has 98 valence electrons. The molecule has 0 radical (unpaired) electrons. The van der Waals surface area contributed by atoms with Crippen LogP contribution in [0.15, 0.2) is 29.8 Å². The summed E-state index contributed by atoms with van der Waals surface area (Å²) in [5.74, 6) is 0. The summed E-state index contributed by atoms with van der Waals surface area (Å²) in [7, 11) is 2.01. The molecular formula is C14H21N3S. The average Bonchev–Trinajstić information content (AvgIpc) is 2.98. The average molecular weight is 263 g/mol. The number of likely N-dealkylation sites (N-methyl/N-ethyl adjacent to an activating group) is 1. The van der Waals surface area contributed by atoms with Gasteiger partial charge in [-0.25, -0.2) is 0 Å². The second kappa shape index (κ2) is 6.71. The van der Waals surface area contributed by atoms with E-state index in [-0.39, 0.29) is 0 Å². The zero-order valence-corrected chi connectivity index (χ0v) is 11.9. The minimum atomic E-state index is 0.559. The van der Waals surface area contributed by atoms with Crippen LogP contribution >= 0.6 is 11.3 Å². The molecule has 2 heterocycles. The van der Waals surface area contributed by atoms with Crippen molar-refractivity contribution in [2.45, 2.75) is 32.2 Å². The summed E-state index contributed by atoms with van der Waals surface area (Å²) in [5, 5.41) is 9.95. The van der Waals surface area contributed by atoms with Gasteiger partial charge in [0.15, 0.2) is 0 Å². The smallest absolute Gasteiger partial charge is 0.0492 e. The third-order valence-electron chi connectivity index (χ3n) is 3.19. The zero-order valence-electron chi connectivity index (χ0n) is 11.1. The zero-order chi connectivity index (χ0) is 12.8. The summed E-state index contributed by atoms with van der Waals surface area (Å²) in [6.45, 7) is 3.20. The first-order valence-corrected chi connectivity index (χ1v) is 7.40. The van der Waals surface area contributed by atoms with Crippen LogP contribution in [0.2, 0.25) is 0 Å². The van der Waals surface area contributed by atoms with Gasteiger partial charge in [-0.15, -0.1) is 11.3 Å². The van der Waals surface area contributed by atoms with Gasteiger partial charge >= 0.3 is 0 Å². The van der Waals surface area contributed by atoms with E-state index in [1.807, 2.05) is 29.3 Å². The first kappa shape index (κ1) is 13.3. The number of aromatic nitrogens is 2. The van der Waals surface area contributed by atoms with Crippen molar-refractivity contribution in [1.82, 2.24) is 15.1 Å². The number of nitrogens with one attached hydrogen (secondary N) is 1. The second-order valence-corrected chi connectivity index (χ2v) is 5.56. The van der Waals surface area contributed by atoms with E-state index >= 15 is 0 Å². The van der Waals surface area contributed by atoms with Gasteiger partial charge in [0.2, 0.25) is 0 Å². The molecule has 0 saturated heterocycles. The predicted molar refractivity (Wildman–Crippen MR) is 77.0 cm³/mol. The molecule has 1 unspecified atom stereocenters. The number of hydrogen-bond acceptors (Lipinski definition) is 3. The molecule has 0 aromatic carbocycles. The molecule has 2 rings (SSSR count). The molecule has 0 spiro atoms. The summed E-state index contributed by atoms with van der Waals surface area (Å²) < 4.78 is 1.97. The predicted octanol–water partition coefficient (Wildman–Crippen LogP) is 2.64. The standard InChI is InChI=1S/C14H21N3S/c1-3-15-12(11-14-5-4-10-18-14)6-7-13-8-9-16-17(13)2/h4-5,8-10,12,15H,3,6-7,11H2,1-2H3. The molecule has 3 nitrogen and oxygen atoms in total. The van der Waals surface area contributed by atoms with Gasteiger partial charge in [-0.1, -0.05) is 13.0 Å². The van der Waals surface area contributed by atoms with Crippen molar-refractivity contribution in [2.24, 2.45) is 7.05 Å². The van der Waals surface area contributed by atoms with E-state index in [4.69, 9.17) is 0 Å². The molecule has 1 atom stereocenters. The monoisotopic (exact) mass is 263 g/mol. The number of thiophene rings is 1. The third kappa shape index (κ3) is 3.68. The van der Waals surface area contributed by atoms with E-state index in [2.05, 4.69) is 40.9 Å². The second-order valence-electron chi connectivity index (χ2n) is 4.52. The van der Waals surface area contributed by atoms with Crippen LogP contribution in [-0.4, -0.2) is 22.4 Å². The summed E-state index contributed by atoms with van der Waals surface area (Å²) in [4.78, 5) is 1.46. The van der Waals surface area contributed by atoms with Gasteiger partial charge in [0.1, 0.15) is 0 Å². The fourth-order valence-corrected chi connectivity index (χ4v) is 2.99. The molecule has 1 N–H and O–H groups in total. The molecule has 0 fully saturated rings. The van der Waals surface area contributed by atoms with Crippen molar-refractivity contribution in [1.29, 1.82) is 0 Å². The van der Waals surface area contributed by atoms with Gasteiger partial charge in [-0.05, 0) is 43.3 Å². The fraction of sp³-hybridized carbons (Fsp3) is 0.500. The molecular weight excluding hydrogens is 242 g/mol. The maximum absolute atomic E-state index is 4.21. The summed E-state index contributed by atoms with van der Waals surface area (Å²) >= 11 is 1.85. The molecule has 0 aliphatic rings. The van der Waals surface area contributed by atoms with Gasteiger partial charge in [-0.2, -0.15) is 5.10 Å². The highest BCUT2D eigenvalue weighted by atomic mass is 32.1. The Morgan fingerprint density at radius 3 is 2.94 bits per heavy atom. The van der Waals surface area contributed by atoms with Gasteiger partial charge in [0, 0.05) is 29.9 Å². The van der Waals surface area contributed by atoms with Gasteiger partial charge in [0.25, 0.3) is 0 Å². The summed E-state index contributed by atoms with van der Waals surface area (Å²) in [5.41, 5.74) is 1.31. The van der Waals surface area contributed by atoms with Crippen molar-refractivity contribution in [3.05, 3.63) is 40.3 Å². The molecule has 0 bridgehead atoms.